The van der Waals surface area contributed by atoms with E-state index in [9.17, 15) is 0 Å². The van der Waals surface area contributed by atoms with E-state index in [0.29, 0.717) is 6.04 Å². The van der Waals surface area contributed by atoms with Crippen molar-refractivity contribution in [2.24, 2.45) is 0 Å². The summed E-state index contributed by atoms with van der Waals surface area (Å²) in [7, 11) is 0. The van der Waals surface area contributed by atoms with Crippen molar-refractivity contribution >= 4 is 21.7 Å². The first-order chi connectivity index (χ1) is 7.31. The van der Waals surface area contributed by atoms with E-state index < -0.39 is 0 Å². The van der Waals surface area contributed by atoms with Gasteiger partial charge in [-0.15, -0.1) is 0 Å². The Morgan fingerprint density at radius 3 is 3.00 bits per heavy atom. The zero-order valence-corrected chi connectivity index (χ0v) is 10.5. The molecule has 2 rings (SSSR count). The van der Waals surface area contributed by atoms with Gasteiger partial charge in [0.15, 0.2) is 0 Å². The van der Waals surface area contributed by atoms with E-state index in [4.69, 9.17) is 0 Å². The fourth-order valence-electron chi connectivity index (χ4n) is 2.05. The number of nitrogens with one attached hydrogen (secondary N) is 1. The molecule has 0 spiro atoms. The van der Waals surface area contributed by atoms with Crippen LogP contribution in [0.25, 0.3) is 0 Å². The Bertz CT molecular complexity index is 306. The lowest BCUT2D eigenvalue weighted by molar-refractivity contribution is 0.640. The molecule has 82 valence electrons. The maximum Gasteiger partial charge on any atom is 0.128 e. The van der Waals surface area contributed by atoms with Crippen LogP contribution in [0.15, 0.2) is 22.8 Å². The van der Waals surface area contributed by atoms with Crippen molar-refractivity contribution in [2.45, 2.75) is 19.4 Å². The average molecular weight is 270 g/mol. The lowest BCUT2D eigenvalue weighted by Gasteiger charge is -2.28. The van der Waals surface area contributed by atoms with Crippen LogP contribution < -0.4 is 10.2 Å². The summed E-state index contributed by atoms with van der Waals surface area (Å²) in [6.07, 6.45) is 3.08. The molecule has 1 aromatic rings. The Hall–Kier alpha value is -0.610. The van der Waals surface area contributed by atoms with Crippen molar-refractivity contribution in [3.8, 4) is 0 Å². The van der Waals surface area contributed by atoms with Crippen LogP contribution in [0.2, 0.25) is 0 Å². The lowest BCUT2D eigenvalue weighted by Crippen LogP contribution is -2.37. The SMILES string of the molecule is CCN(c1ccc(Br)cn1)C1CCNC1. The van der Waals surface area contributed by atoms with Crippen LogP contribution in [-0.4, -0.2) is 30.7 Å². The highest BCUT2D eigenvalue weighted by Crippen LogP contribution is 2.19. The molecule has 1 aliphatic heterocycles. The third-order valence-corrected chi connectivity index (χ3v) is 3.29. The highest BCUT2D eigenvalue weighted by Gasteiger charge is 2.21. The largest absolute Gasteiger partial charge is 0.353 e. The highest BCUT2D eigenvalue weighted by molar-refractivity contribution is 9.10. The second kappa shape index (κ2) is 4.94. The normalized spacial score (nSPS) is 20.5. The Morgan fingerprint density at radius 1 is 1.60 bits per heavy atom. The molecule has 1 aliphatic rings. The maximum atomic E-state index is 4.45. The number of aromatic nitrogens is 1. The zero-order valence-electron chi connectivity index (χ0n) is 8.91. The standard InChI is InChI=1S/C11H16BrN3/c1-2-15(10-5-6-13-8-10)11-4-3-9(12)7-14-11/h3-4,7,10,13H,2,5-6,8H2,1H3. The Morgan fingerprint density at radius 2 is 2.47 bits per heavy atom. The molecule has 1 atom stereocenters. The van der Waals surface area contributed by atoms with Crippen LogP contribution in [0.4, 0.5) is 5.82 Å². The van der Waals surface area contributed by atoms with Crippen LogP contribution in [-0.2, 0) is 0 Å². The quantitative estimate of drug-likeness (QED) is 0.911. The second-order valence-corrected chi connectivity index (χ2v) is 4.68. The number of anilines is 1. The molecular formula is C11H16BrN3. The van der Waals surface area contributed by atoms with Crippen molar-refractivity contribution in [2.75, 3.05) is 24.5 Å². The van der Waals surface area contributed by atoms with Gasteiger partial charge in [-0.05, 0) is 48.0 Å². The Kier molecular flexibility index (Phi) is 3.59. The predicted molar refractivity (Wildman–Crippen MR) is 66.2 cm³/mol. The fraction of sp³-hybridized carbons (Fsp3) is 0.545. The summed E-state index contributed by atoms with van der Waals surface area (Å²) in [6, 6.07) is 4.72. The smallest absolute Gasteiger partial charge is 0.128 e. The molecule has 1 saturated heterocycles. The first-order valence-corrected chi connectivity index (χ1v) is 6.19. The molecule has 1 fully saturated rings. The van der Waals surface area contributed by atoms with Crippen LogP contribution in [0.5, 0.6) is 0 Å². The minimum Gasteiger partial charge on any atom is -0.353 e. The zero-order chi connectivity index (χ0) is 10.7. The van der Waals surface area contributed by atoms with Gasteiger partial charge in [-0.2, -0.15) is 0 Å². The van der Waals surface area contributed by atoms with Crippen LogP contribution >= 0.6 is 15.9 Å². The van der Waals surface area contributed by atoms with E-state index in [-0.39, 0.29) is 0 Å². The highest BCUT2D eigenvalue weighted by atomic mass is 79.9. The molecule has 0 amide bonds. The molecule has 0 saturated carbocycles. The fourth-order valence-corrected chi connectivity index (χ4v) is 2.29. The predicted octanol–water partition coefficient (Wildman–Crippen LogP) is 2.03. The van der Waals surface area contributed by atoms with Crippen LogP contribution in [0, 0.1) is 0 Å². The molecule has 0 aromatic carbocycles. The number of pyridine rings is 1. The molecule has 1 aromatic heterocycles. The molecule has 15 heavy (non-hydrogen) atoms. The van der Waals surface area contributed by atoms with E-state index in [2.05, 4.69) is 44.1 Å². The van der Waals surface area contributed by atoms with Crippen molar-refractivity contribution in [3.63, 3.8) is 0 Å². The van der Waals surface area contributed by atoms with Gasteiger partial charge in [0.25, 0.3) is 0 Å². The van der Waals surface area contributed by atoms with Gasteiger partial charge in [-0.1, -0.05) is 0 Å². The molecule has 0 aliphatic carbocycles. The summed E-state index contributed by atoms with van der Waals surface area (Å²) in [5, 5.41) is 3.39. The lowest BCUT2D eigenvalue weighted by atomic mass is 10.2. The number of halogens is 1. The molecule has 0 radical (unpaired) electrons. The van der Waals surface area contributed by atoms with Crippen molar-refractivity contribution in [1.82, 2.24) is 10.3 Å². The topological polar surface area (TPSA) is 28.2 Å². The second-order valence-electron chi connectivity index (χ2n) is 3.77. The number of hydrogen-bond donors (Lipinski definition) is 1. The summed E-state index contributed by atoms with van der Waals surface area (Å²) in [5.41, 5.74) is 0. The number of nitrogens with zero attached hydrogens (tertiary/aromatic N) is 2. The molecule has 3 nitrogen and oxygen atoms in total. The Balaban J connectivity index is 2.14. The van der Waals surface area contributed by atoms with Gasteiger partial charge in [0.1, 0.15) is 5.82 Å². The molecule has 4 heteroatoms. The van der Waals surface area contributed by atoms with Gasteiger partial charge >= 0.3 is 0 Å². The van der Waals surface area contributed by atoms with E-state index in [1.54, 1.807) is 0 Å². The van der Waals surface area contributed by atoms with E-state index in [1.165, 1.54) is 6.42 Å². The number of likely N-dealkylation sites (N-methyl/N-ethyl adjacent to an activating group) is 1. The molecule has 1 unspecified atom stereocenters. The number of hydrogen-bond acceptors (Lipinski definition) is 3. The first kappa shape index (κ1) is 10.9. The van der Waals surface area contributed by atoms with E-state index in [0.717, 1.165) is 29.9 Å². The third-order valence-electron chi connectivity index (χ3n) is 2.82. The molecule has 2 heterocycles. The van der Waals surface area contributed by atoms with Gasteiger partial charge in [-0.3, -0.25) is 0 Å². The van der Waals surface area contributed by atoms with Gasteiger partial charge in [0.05, 0.1) is 0 Å². The molecular weight excluding hydrogens is 254 g/mol. The minimum absolute atomic E-state index is 0.601. The summed E-state index contributed by atoms with van der Waals surface area (Å²) >= 11 is 3.41. The Labute approximate surface area is 99.0 Å². The van der Waals surface area contributed by atoms with Crippen molar-refractivity contribution in [3.05, 3.63) is 22.8 Å². The maximum absolute atomic E-state index is 4.45. The monoisotopic (exact) mass is 269 g/mol. The van der Waals surface area contributed by atoms with E-state index in [1.807, 2.05) is 12.3 Å². The van der Waals surface area contributed by atoms with Gasteiger partial charge in [0, 0.05) is 29.8 Å². The summed E-state index contributed by atoms with van der Waals surface area (Å²) in [6.45, 7) is 5.40. The van der Waals surface area contributed by atoms with Crippen LogP contribution in [0.1, 0.15) is 13.3 Å². The summed E-state index contributed by atoms with van der Waals surface area (Å²) in [4.78, 5) is 6.81. The average Bonchev–Trinajstić information content (AvgIpc) is 2.75. The van der Waals surface area contributed by atoms with Crippen LogP contribution in [0.3, 0.4) is 0 Å². The summed E-state index contributed by atoms with van der Waals surface area (Å²) in [5.74, 6) is 1.08. The van der Waals surface area contributed by atoms with Gasteiger partial charge in [-0.25, -0.2) is 4.98 Å². The van der Waals surface area contributed by atoms with Crippen molar-refractivity contribution < 1.29 is 0 Å². The van der Waals surface area contributed by atoms with E-state index >= 15 is 0 Å². The third kappa shape index (κ3) is 2.49. The minimum atomic E-state index is 0.601. The first-order valence-electron chi connectivity index (χ1n) is 5.40. The van der Waals surface area contributed by atoms with Gasteiger partial charge in [0.2, 0.25) is 0 Å². The molecule has 0 bridgehead atoms. The molecule has 1 N–H and O–H groups in total. The number of rotatable bonds is 3. The summed E-state index contributed by atoms with van der Waals surface area (Å²) < 4.78 is 1.03. The van der Waals surface area contributed by atoms with Gasteiger partial charge < -0.3 is 10.2 Å². The van der Waals surface area contributed by atoms with Crippen molar-refractivity contribution in [1.29, 1.82) is 0 Å².